The first-order chi connectivity index (χ1) is 13.4. The number of non-ortho nitro benzene ring substituents is 1. The van der Waals surface area contributed by atoms with Gasteiger partial charge in [-0.05, 0) is 30.2 Å². The molecule has 2 rings (SSSR count). The fourth-order valence-electron chi connectivity index (χ4n) is 2.41. The molecule has 9 nitrogen and oxygen atoms in total. The number of ether oxygens (including phenoxy) is 1. The second-order valence-corrected chi connectivity index (χ2v) is 7.82. The molecule has 1 N–H and O–H groups in total. The number of rotatable bonds is 9. The van der Waals surface area contributed by atoms with Crippen LogP contribution in [0.2, 0.25) is 0 Å². The third kappa shape index (κ3) is 5.63. The second-order valence-electron chi connectivity index (χ2n) is 5.60. The maximum absolute atomic E-state index is 13.1. The van der Waals surface area contributed by atoms with Crippen molar-refractivity contribution in [1.29, 1.82) is 0 Å². The Morgan fingerprint density at radius 2 is 1.82 bits per heavy atom. The molecule has 2 atom stereocenters. The van der Waals surface area contributed by atoms with Crippen LogP contribution in [0.15, 0.2) is 54.6 Å². The number of amides is 1. The van der Waals surface area contributed by atoms with Gasteiger partial charge in [0.25, 0.3) is 5.69 Å². The molecule has 28 heavy (non-hydrogen) atoms. The van der Waals surface area contributed by atoms with E-state index >= 15 is 0 Å². The minimum Gasteiger partial charge on any atom is -0.445 e. The normalized spacial score (nSPS) is 13.9. The van der Waals surface area contributed by atoms with E-state index in [0.29, 0.717) is 5.56 Å². The maximum atomic E-state index is 13.1. The van der Waals surface area contributed by atoms with Crippen molar-refractivity contribution in [3.05, 3.63) is 75.8 Å². The van der Waals surface area contributed by atoms with Crippen LogP contribution in [0.5, 0.6) is 0 Å². The number of nitro groups is 1. The summed E-state index contributed by atoms with van der Waals surface area (Å²) in [5, 5.41) is 13.3. The highest BCUT2D eigenvalue weighted by Crippen LogP contribution is 2.59. The highest BCUT2D eigenvalue weighted by Gasteiger charge is 2.38. The first-order valence-corrected chi connectivity index (χ1v) is 10.0. The fraction of sp³-hybridized carbons (Fsp3) is 0.278. The highest BCUT2D eigenvalue weighted by atomic mass is 31.2. The summed E-state index contributed by atoms with van der Waals surface area (Å²) >= 11 is 0. The van der Waals surface area contributed by atoms with E-state index in [0.717, 1.165) is 5.56 Å². The van der Waals surface area contributed by atoms with Gasteiger partial charge < -0.3 is 19.1 Å². The summed E-state index contributed by atoms with van der Waals surface area (Å²) in [7, 11) is -2.60. The molecule has 0 aliphatic rings. The van der Waals surface area contributed by atoms with Crippen molar-refractivity contribution in [2.75, 3.05) is 13.7 Å². The first-order valence-electron chi connectivity index (χ1n) is 8.41. The monoisotopic (exact) mass is 408 g/mol. The third-order valence-corrected chi connectivity index (χ3v) is 5.95. The van der Waals surface area contributed by atoms with Gasteiger partial charge in [-0.1, -0.05) is 30.3 Å². The molecule has 0 spiro atoms. The third-order valence-electron chi connectivity index (χ3n) is 3.77. The van der Waals surface area contributed by atoms with Crippen molar-refractivity contribution in [3.8, 4) is 0 Å². The standard InChI is InChI=1S/C18H21N2O7P/c1-3-27-28(24,25-2)17(15-9-11-16(12-10-15)20(22)23)19-18(21)26-13-14-7-5-4-6-8-14/h4-12,17H,3,13H2,1-2H3,(H,19,21). The average Bonchev–Trinajstić information content (AvgIpc) is 2.71. The van der Waals surface area contributed by atoms with Crippen molar-refractivity contribution in [2.24, 2.45) is 0 Å². The number of nitro benzene ring substituents is 1. The van der Waals surface area contributed by atoms with Crippen molar-refractivity contribution < 1.29 is 28.1 Å². The zero-order chi connectivity index (χ0) is 20.6. The van der Waals surface area contributed by atoms with Crippen LogP contribution in [0, 0.1) is 10.1 Å². The molecule has 2 aromatic rings. The molecule has 0 aliphatic carbocycles. The number of carbonyl (C=O) groups excluding carboxylic acids is 1. The Hall–Kier alpha value is -2.74. The lowest BCUT2D eigenvalue weighted by atomic mass is 10.2. The van der Waals surface area contributed by atoms with Crippen molar-refractivity contribution in [2.45, 2.75) is 19.3 Å². The number of carbonyl (C=O) groups is 1. The fourth-order valence-corrected chi connectivity index (χ4v) is 4.04. The molecule has 10 heteroatoms. The molecule has 0 aliphatic heterocycles. The molecule has 0 radical (unpaired) electrons. The predicted molar refractivity (Wildman–Crippen MR) is 102 cm³/mol. The molecule has 0 fully saturated rings. The van der Waals surface area contributed by atoms with Crippen LogP contribution in [-0.2, 0) is 25.0 Å². The van der Waals surface area contributed by atoms with Gasteiger partial charge in [0.2, 0.25) is 0 Å². The van der Waals surface area contributed by atoms with Gasteiger partial charge >= 0.3 is 13.7 Å². The van der Waals surface area contributed by atoms with Gasteiger partial charge in [0.15, 0.2) is 5.78 Å². The lowest BCUT2D eigenvalue weighted by molar-refractivity contribution is -0.384. The van der Waals surface area contributed by atoms with Gasteiger partial charge in [0.05, 0.1) is 11.5 Å². The van der Waals surface area contributed by atoms with Crippen LogP contribution >= 0.6 is 7.60 Å². The van der Waals surface area contributed by atoms with Crippen LogP contribution in [0.1, 0.15) is 23.8 Å². The largest absolute Gasteiger partial charge is 0.445 e. The summed E-state index contributed by atoms with van der Waals surface area (Å²) < 4.78 is 28.6. The first kappa shape index (κ1) is 21.6. The van der Waals surface area contributed by atoms with Crippen LogP contribution in [-0.4, -0.2) is 24.7 Å². The predicted octanol–water partition coefficient (Wildman–Crippen LogP) is 4.40. The molecule has 2 unspecified atom stereocenters. The van der Waals surface area contributed by atoms with E-state index in [1.54, 1.807) is 19.1 Å². The van der Waals surface area contributed by atoms with Crippen LogP contribution < -0.4 is 5.32 Å². The minimum absolute atomic E-state index is 0.0194. The number of nitrogens with zero attached hydrogens (tertiary/aromatic N) is 1. The molecule has 150 valence electrons. The molecular formula is C18H21N2O7P. The van der Waals surface area contributed by atoms with Gasteiger partial charge in [-0.3, -0.25) is 14.7 Å². The molecule has 2 aromatic carbocycles. The molecular weight excluding hydrogens is 387 g/mol. The zero-order valence-corrected chi connectivity index (χ0v) is 16.3. The Kier molecular flexibility index (Phi) is 7.69. The quantitative estimate of drug-likeness (QED) is 0.371. The van der Waals surface area contributed by atoms with Crippen LogP contribution in [0.3, 0.4) is 0 Å². The summed E-state index contributed by atoms with van der Waals surface area (Å²) in [6.45, 7) is 1.73. The van der Waals surface area contributed by atoms with Crippen LogP contribution in [0.25, 0.3) is 0 Å². The number of benzene rings is 2. The van der Waals surface area contributed by atoms with Crippen molar-refractivity contribution >= 4 is 19.4 Å². The minimum atomic E-state index is -3.80. The molecule has 0 heterocycles. The Labute approximate surface area is 162 Å². The Bertz CT molecular complexity index is 843. The van der Waals surface area contributed by atoms with E-state index in [4.69, 9.17) is 13.8 Å². The molecule has 0 saturated heterocycles. The van der Waals surface area contributed by atoms with E-state index < -0.39 is 24.4 Å². The van der Waals surface area contributed by atoms with Gasteiger partial charge in [-0.25, -0.2) is 4.79 Å². The Balaban J connectivity index is 2.21. The molecule has 0 saturated carbocycles. The number of nitrogens with one attached hydrogen (secondary N) is 1. The van der Waals surface area contributed by atoms with Gasteiger partial charge in [-0.2, -0.15) is 0 Å². The van der Waals surface area contributed by atoms with Crippen molar-refractivity contribution in [1.82, 2.24) is 5.32 Å². The summed E-state index contributed by atoms with van der Waals surface area (Å²) in [6.07, 6.45) is -0.829. The Morgan fingerprint density at radius 1 is 1.18 bits per heavy atom. The topological polar surface area (TPSA) is 117 Å². The number of alkyl carbamates (subject to hydrolysis) is 1. The SMILES string of the molecule is CCOP(=O)(OC)C(NC(=O)OCc1ccccc1)c1ccc([N+](=O)[O-])cc1. The lowest BCUT2D eigenvalue weighted by Crippen LogP contribution is -2.30. The van der Waals surface area contributed by atoms with Crippen LogP contribution in [0.4, 0.5) is 10.5 Å². The molecule has 1 amide bonds. The zero-order valence-electron chi connectivity index (χ0n) is 15.4. The lowest BCUT2D eigenvalue weighted by Gasteiger charge is -2.26. The van der Waals surface area contributed by atoms with Gasteiger partial charge in [-0.15, -0.1) is 0 Å². The van der Waals surface area contributed by atoms with E-state index in [1.807, 2.05) is 18.2 Å². The van der Waals surface area contributed by atoms with Gasteiger partial charge in [0.1, 0.15) is 6.61 Å². The summed E-state index contributed by atoms with van der Waals surface area (Å²) in [6, 6.07) is 14.3. The summed E-state index contributed by atoms with van der Waals surface area (Å²) in [5.74, 6) is -1.19. The maximum Gasteiger partial charge on any atom is 0.408 e. The number of hydrogen-bond acceptors (Lipinski definition) is 7. The number of hydrogen-bond donors (Lipinski definition) is 1. The van der Waals surface area contributed by atoms with E-state index in [2.05, 4.69) is 5.32 Å². The van der Waals surface area contributed by atoms with E-state index in [-0.39, 0.29) is 18.9 Å². The van der Waals surface area contributed by atoms with E-state index in [1.165, 1.54) is 31.4 Å². The van der Waals surface area contributed by atoms with Crippen molar-refractivity contribution in [3.63, 3.8) is 0 Å². The van der Waals surface area contributed by atoms with Gasteiger partial charge in [0, 0.05) is 19.2 Å². The van der Waals surface area contributed by atoms with E-state index in [9.17, 15) is 19.5 Å². The average molecular weight is 408 g/mol. The summed E-state index contributed by atoms with van der Waals surface area (Å²) in [4.78, 5) is 22.6. The smallest absolute Gasteiger partial charge is 0.408 e. The molecule has 0 bridgehead atoms. The summed E-state index contributed by atoms with van der Waals surface area (Å²) in [5.41, 5.74) is 0.961. The second kappa shape index (κ2) is 9.98. The highest BCUT2D eigenvalue weighted by molar-refractivity contribution is 7.54. The molecule has 0 aromatic heterocycles. The Morgan fingerprint density at radius 3 is 2.36 bits per heavy atom.